The van der Waals surface area contributed by atoms with Crippen LogP contribution in [0.3, 0.4) is 0 Å². The number of nitrogens with zero attached hydrogens (tertiary/aromatic N) is 1. The Kier molecular flexibility index (Phi) is 13.1. The highest BCUT2D eigenvalue weighted by Crippen LogP contribution is 2.04. The summed E-state index contributed by atoms with van der Waals surface area (Å²) >= 11 is 0. The minimum Gasteiger partial charge on any atom is -0.300 e. The molecule has 0 fully saturated rings. The number of hydrogen-bond donors (Lipinski definition) is 0. The number of unbranched alkanes of at least 4 members (excludes halogenated alkanes) is 2. The van der Waals surface area contributed by atoms with Crippen molar-refractivity contribution < 1.29 is 14.4 Å². The Bertz CT molecular complexity index is 262. The first-order valence-electron chi connectivity index (χ1n) is 6.79. The molecule has 0 saturated heterocycles. The minimum absolute atomic E-state index is 0.126. The molecule has 0 saturated carbocycles. The van der Waals surface area contributed by atoms with E-state index in [1.807, 2.05) is 13.8 Å². The van der Waals surface area contributed by atoms with E-state index in [2.05, 4.69) is 0 Å². The summed E-state index contributed by atoms with van der Waals surface area (Å²) in [6, 6.07) is 0. The Labute approximate surface area is 111 Å². The normalized spacial score (nSPS) is 9.17. The fourth-order valence-electron chi connectivity index (χ4n) is 1.47. The van der Waals surface area contributed by atoms with Crippen LogP contribution in [0.15, 0.2) is 0 Å². The Morgan fingerprint density at radius 3 is 1.89 bits per heavy atom. The van der Waals surface area contributed by atoms with Crippen LogP contribution in [-0.4, -0.2) is 29.0 Å². The Hall–Kier alpha value is -1.19. The number of amides is 2. The van der Waals surface area contributed by atoms with E-state index in [1.54, 1.807) is 13.8 Å². The van der Waals surface area contributed by atoms with Crippen LogP contribution in [-0.2, 0) is 14.4 Å². The average molecular weight is 257 g/mol. The molecule has 0 aromatic heterocycles. The van der Waals surface area contributed by atoms with E-state index in [4.69, 9.17) is 0 Å². The molecule has 0 radical (unpaired) electrons. The smallest absolute Gasteiger partial charge is 0.228 e. The quantitative estimate of drug-likeness (QED) is 0.659. The number of rotatable bonds is 7. The van der Waals surface area contributed by atoms with Gasteiger partial charge in [-0.15, -0.1) is 0 Å². The monoisotopic (exact) mass is 257 g/mol. The molecule has 0 aromatic rings. The maximum atomic E-state index is 11.4. The lowest BCUT2D eigenvalue weighted by Crippen LogP contribution is -2.35. The Morgan fingerprint density at radius 1 is 0.944 bits per heavy atom. The maximum absolute atomic E-state index is 11.4. The third kappa shape index (κ3) is 10.00. The fraction of sp³-hybridized carbons (Fsp3) is 0.786. The molecule has 0 rings (SSSR count). The predicted octanol–water partition coefficient (Wildman–Crippen LogP) is 2.95. The van der Waals surface area contributed by atoms with Crippen molar-refractivity contribution in [3.63, 3.8) is 0 Å². The van der Waals surface area contributed by atoms with Crippen molar-refractivity contribution in [1.82, 2.24) is 4.90 Å². The molecule has 4 heteroatoms. The highest BCUT2D eigenvalue weighted by Gasteiger charge is 2.14. The molecular weight excluding hydrogens is 230 g/mol. The number of imide groups is 1. The van der Waals surface area contributed by atoms with Gasteiger partial charge in [-0.05, 0) is 19.8 Å². The molecule has 0 spiro atoms. The molecule has 0 atom stereocenters. The molecule has 0 aliphatic rings. The van der Waals surface area contributed by atoms with Gasteiger partial charge in [-0.2, -0.15) is 0 Å². The van der Waals surface area contributed by atoms with Gasteiger partial charge in [0.05, 0.1) is 0 Å². The van der Waals surface area contributed by atoms with E-state index in [0.29, 0.717) is 19.4 Å². The molecule has 0 aromatic carbocycles. The first kappa shape index (κ1) is 19.2. The minimum atomic E-state index is -0.196. The van der Waals surface area contributed by atoms with Crippen molar-refractivity contribution in [2.75, 3.05) is 6.54 Å². The van der Waals surface area contributed by atoms with Crippen LogP contribution in [0.4, 0.5) is 0 Å². The second-order valence-corrected chi connectivity index (χ2v) is 3.93. The molecular formula is C14H27NO3. The van der Waals surface area contributed by atoms with E-state index in [-0.39, 0.29) is 17.6 Å². The summed E-state index contributed by atoms with van der Waals surface area (Å²) in [4.78, 5) is 34.5. The number of carbonyl (C=O) groups excluding carboxylic acids is 3. The lowest BCUT2D eigenvalue weighted by Gasteiger charge is -2.18. The molecule has 4 nitrogen and oxygen atoms in total. The summed E-state index contributed by atoms with van der Waals surface area (Å²) < 4.78 is 0. The van der Waals surface area contributed by atoms with Crippen molar-refractivity contribution in [3.05, 3.63) is 0 Å². The van der Waals surface area contributed by atoms with E-state index < -0.39 is 0 Å². The number of hydrogen-bond acceptors (Lipinski definition) is 3. The van der Waals surface area contributed by atoms with Gasteiger partial charge in [0.1, 0.15) is 5.78 Å². The van der Waals surface area contributed by atoms with Crippen LogP contribution in [0.25, 0.3) is 0 Å². The van der Waals surface area contributed by atoms with Gasteiger partial charge in [0, 0.05) is 26.3 Å². The molecule has 18 heavy (non-hydrogen) atoms. The summed E-state index contributed by atoms with van der Waals surface area (Å²) in [6.07, 6.45) is 3.43. The summed E-state index contributed by atoms with van der Waals surface area (Å²) in [5.41, 5.74) is 0. The Morgan fingerprint density at radius 2 is 1.50 bits per heavy atom. The summed E-state index contributed by atoms with van der Waals surface area (Å²) in [7, 11) is 0. The standard InChI is InChI=1S/C12H21NO3.C2H6/c1-4-12(16)13(11(3)15)9-7-5-6-8-10(2)14;1-2/h4-9H2,1-3H3;1-2H3. The van der Waals surface area contributed by atoms with E-state index >= 15 is 0 Å². The molecule has 0 N–H and O–H groups in total. The predicted molar refractivity (Wildman–Crippen MR) is 73.2 cm³/mol. The van der Waals surface area contributed by atoms with Crippen molar-refractivity contribution in [2.45, 2.75) is 66.7 Å². The second kappa shape index (κ2) is 12.3. The second-order valence-electron chi connectivity index (χ2n) is 3.93. The van der Waals surface area contributed by atoms with Gasteiger partial charge in [-0.1, -0.05) is 27.2 Å². The lowest BCUT2D eigenvalue weighted by atomic mass is 10.1. The largest absolute Gasteiger partial charge is 0.300 e. The van der Waals surface area contributed by atoms with Gasteiger partial charge in [-0.25, -0.2) is 0 Å². The van der Waals surface area contributed by atoms with Gasteiger partial charge in [0.25, 0.3) is 0 Å². The van der Waals surface area contributed by atoms with Crippen LogP contribution in [0.5, 0.6) is 0 Å². The highest BCUT2D eigenvalue weighted by molar-refractivity contribution is 5.93. The van der Waals surface area contributed by atoms with Crippen molar-refractivity contribution >= 4 is 17.6 Å². The molecule has 0 heterocycles. The summed E-state index contributed by atoms with van der Waals surface area (Å²) in [5, 5.41) is 0. The zero-order chi connectivity index (χ0) is 14.6. The summed E-state index contributed by atoms with van der Waals surface area (Å²) in [6.45, 7) is 9.19. The molecule has 0 unspecified atom stereocenters. The van der Waals surface area contributed by atoms with Gasteiger partial charge < -0.3 is 4.79 Å². The molecule has 0 aliphatic carbocycles. The van der Waals surface area contributed by atoms with Crippen LogP contribution in [0.1, 0.15) is 66.7 Å². The topological polar surface area (TPSA) is 54.5 Å². The van der Waals surface area contributed by atoms with Gasteiger partial charge in [0.2, 0.25) is 11.8 Å². The lowest BCUT2D eigenvalue weighted by molar-refractivity contribution is -0.143. The Balaban J connectivity index is 0. The molecule has 2 amide bonds. The van der Waals surface area contributed by atoms with Gasteiger partial charge >= 0.3 is 0 Å². The van der Waals surface area contributed by atoms with Crippen LogP contribution >= 0.6 is 0 Å². The van der Waals surface area contributed by atoms with Gasteiger partial charge in [-0.3, -0.25) is 14.5 Å². The van der Waals surface area contributed by atoms with Crippen molar-refractivity contribution in [2.24, 2.45) is 0 Å². The first-order chi connectivity index (χ1) is 8.49. The van der Waals surface area contributed by atoms with Crippen molar-refractivity contribution in [1.29, 1.82) is 0 Å². The van der Waals surface area contributed by atoms with Gasteiger partial charge in [0.15, 0.2) is 0 Å². The maximum Gasteiger partial charge on any atom is 0.228 e. The van der Waals surface area contributed by atoms with E-state index in [9.17, 15) is 14.4 Å². The summed E-state index contributed by atoms with van der Waals surface area (Å²) in [5.74, 6) is -0.134. The SMILES string of the molecule is CC.CCC(=O)N(CCCCCC(C)=O)C(C)=O. The van der Waals surface area contributed by atoms with Crippen LogP contribution in [0.2, 0.25) is 0 Å². The fourth-order valence-corrected chi connectivity index (χ4v) is 1.47. The number of carbonyl (C=O) groups is 3. The number of ketones is 1. The van der Waals surface area contributed by atoms with Crippen molar-refractivity contribution in [3.8, 4) is 0 Å². The van der Waals surface area contributed by atoms with Crippen LogP contribution < -0.4 is 0 Å². The third-order valence-electron chi connectivity index (χ3n) is 2.39. The average Bonchev–Trinajstić information content (AvgIpc) is 2.34. The molecule has 0 aliphatic heterocycles. The highest BCUT2D eigenvalue weighted by atomic mass is 16.2. The van der Waals surface area contributed by atoms with E-state index in [0.717, 1.165) is 19.3 Å². The molecule has 0 bridgehead atoms. The third-order valence-corrected chi connectivity index (χ3v) is 2.39. The first-order valence-corrected chi connectivity index (χ1v) is 6.79. The van der Waals surface area contributed by atoms with E-state index in [1.165, 1.54) is 11.8 Å². The zero-order valence-corrected chi connectivity index (χ0v) is 12.4. The van der Waals surface area contributed by atoms with Crippen LogP contribution in [0, 0.1) is 0 Å². The number of Topliss-reactive ketones (excluding diaryl/α,β-unsaturated/α-hetero) is 1. The molecule has 106 valence electrons. The zero-order valence-electron chi connectivity index (χ0n) is 12.4.